The number of halogens is 1. The highest BCUT2D eigenvalue weighted by atomic mass is 19.1. The molecule has 3 heterocycles. The Morgan fingerprint density at radius 2 is 1.96 bits per heavy atom. The second-order valence-electron chi connectivity index (χ2n) is 6.12. The van der Waals surface area contributed by atoms with Gasteiger partial charge in [-0.2, -0.15) is 0 Å². The molecule has 24 heavy (non-hydrogen) atoms. The van der Waals surface area contributed by atoms with E-state index in [2.05, 4.69) is 15.0 Å². The third-order valence-electron chi connectivity index (χ3n) is 4.55. The molecule has 2 atom stereocenters. The van der Waals surface area contributed by atoms with Crippen LogP contribution in [0.5, 0.6) is 0 Å². The summed E-state index contributed by atoms with van der Waals surface area (Å²) < 4.78 is 14.3. The molecule has 1 N–H and O–H groups in total. The Morgan fingerprint density at radius 1 is 1.12 bits per heavy atom. The molecule has 0 aliphatic carbocycles. The van der Waals surface area contributed by atoms with Crippen molar-refractivity contribution in [1.82, 2.24) is 15.0 Å². The average molecular weight is 324 g/mol. The molecule has 0 amide bonds. The smallest absolute Gasteiger partial charge is 0.142 e. The predicted octanol–water partition coefficient (Wildman–Crippen LogP) is 2.20. The number of anilines is 1. The molecule has 1 fully saturated rings. The number of fused-ring (bicyclic) bond motifs is 1. The van der Waals surface area contributed by atoms with Crippen molar-refractivity contribution in [3.05, 3.63) is 60.4 Å². The van der Waals surface area contributed by atoms with Gasteiger partial charge in [-0.3, -0.25) is 4.98 Å². The van der Waals surface area contributed by atoms with Gasteiger partial charge in [0.25, 0.3) is 0 Å². The van der Waals surface area contributed by atoms with E-state index in [1.165, 1.54) is 12.4 Å². The predicted molar refractivity (Wildman–Crippen MR) is 89.1 cm³/mol. The standard InChI is InChI=1S/C18H17FN4O/c19-14-2-1-3-15-17(14)18(22-11-21-15)23-9-13(16(24)10-23)8-12-4-6-20-7-5-12/h1-7,11,13,16,24H,8-10H2/t13-,16-/m1/s1. The Balaban J connectivity index is 1.63. The number of benzene rings is 1. The molecule has 6 heteroatoms. The first-order valence-electron chi connectivity index (χ1n) is 7.93. The van der Waals surface area contributed by atoms with Crippen molar-refractivity contribution in [2.24, 2.45) is 5.92 Å². The highest BCUT2D eigenvalue weighted by Gasteiger charge is 2.33. The summed E-state index contributed by atoms with van der Waals surface area (Å²) in [7, 11) is 0. The van der Waals surface area contributed by atoms with Crippen molar-refractivity contribution in [3.63, 3.8) is 0 Å². The van der Waals surface area contributed by atoms with E-state index >= 15 is 0 Å². The molecular formula is C18H17FN4O. The molecule has 0 bridgehead atoms. The largest absolute Gasteiger partial charge is 0.391 e. The summed E-state index contributed by atoms with van der Waals surface area (Å²) in [5.41, 5.74) is 1.71. The lowest BCUT2D eigenvalue weighted by Crippen LogP contribution is -2.22. The molecule has 1 aliphatic heterocycles. The molecule has 3 aromatic rings. The number of pyridine rings is 1. The minimum Gasteiger partial charge on any atom is -0.391 e. The van der Waals surface area contributed by atoms with Crippen molar-refractivity contribution in [2.75, 3.05) is 18.0 Å². The Bertz CT molecular complexity index is 853. The van der Waals surface area contributed by atoms with Crippen LogP contribution in [0.2, 0.25) is 0 Å². The third-order valence-corrected chi connectivity index (χ3v) is 4.55. The second-order valence-corrected chi connectivity index (χ2v) is 6.12. The maximum absolute atomic E-state index is 14.3. The first kappa shape index (κ1) is 15.0. The molecule has 0 radical (unpaired) electrons. The SMILES string of the molecule is O[C@@H]1CN(c2ncnc3cccc(F)c23)C[C@H]1Cc1ccncc1. The lowest BCUT2D eigenvalue weighted by Gasteiger charge is -2.19. The first-order chi connectivity index (χ1) is 11.7. The second kappa shape index (κ2) is 6.13. The number of aromatic nitrogens is 3. The van der Waals surface area contributed by atoms with E-state index in [9.17, 15) is 9.50 Å². The molecule has 122 valence electrons. The van der Waals surface area contributed by atoms with Crippen LogP contribution in [-0.2, 0) is 6.42 Å². The van der Waals surface area contributed by atoms with Crippen LogP contribution in [0.4, 0.5) is 10.2 Å². The van der Waals surface area contributed by atoms with E-state index < -0.39 is 6.10 Å². The van der Waals surface area contributed by atoms with Crippen LogP contribution in [-0.4, -0.2) is 39.3 Å². The summed E-state index contributed by atoms with van der Waals surface area (Å²) in [5.74, 6) is 0.286. The van der Waals surface area contributed by atoms with E-state index in [-0.39, 0.29) is 11.7 Å². The minimum absolute atomic E-state index is 0.0733. The Labute approximate surface area is 138 Å². The zero-order valence-corrected chi connectivity index (χ0v) is 13.0. The van der Waals surface area contributed by atoms with E-state index in [1.54, 1.807) is 24.5 Å². The number of aliphatic hydroxyl groups is 1. The fourth-order valence-electron chi connectivity index (χ4n) is 3.34. The summed E-state index contributed by atoms with van der Waals surface area (Å²) in [4.78, 5) is 14.4. The van der Waals surface area contributed by atoms with Crippen LogP contribution in [0.3, 0.4) is 0 Å². The molecule has 0 unspecified atom stereocenters. The molecule has 2 aromatic heterocycles. The highest BCUT2D eigenvalue weighted by molar-refractivity contribution is 5.90. The van der Waals surface area contributed by atoms with Crippen molar-refractivity contribution in [3.8, 4) is 0 Å². The number of hydrogen-bond acceptors (Lipinski definition) is 5. The van der Waals surface area contributed by atoms with Crippen molar-refractivity contribution < 1.29 is 9.50 Å². The van der Waals surface area contributed by atoms with Gasteiger partial charge in [0, 0.05) is 31.4 Å². The number of rotatable bonds is 3. The van der Waals surface area contributed by atoms with Crippen LogP contribution >= 0.6 is 0 Å². The van der Waals surface area contributed by atoms with Gasteiger partial charge in [-0.1, -0.05) is 6.07 Å². The zero-order chi connectivity index (χ0) is 16.5. The zero-order valence-electron chi connectivity index (χ0n) is 13.0. The molecule has 0 saturated carbocycles. The van der Waals surface area contributed by atoms with Gasteiger partial charge in [-0.15, -0.1) is 0 Å². The Kier molecular flexibility index (Phi) is 3.82. The summed E-state index contributed by atoms with van der Waals surface area (Å²) in [6.07, 6.45) is 5.23. The van der Waals surface area contributed by atoms with Crippen LogP contribution in [0.25, 0.3) is 10.9 Å². The minimum atomic E-state index is -0.477. The fraction of sp³-hybridized carbons (Fsp3) is 0.278. The van der Waals surface area contributed by atoms with E-state index in [1.807, 2.05) is 17.0 Å². The molecule has 1 aromatic carbocycles. The number of β-amino-alcohol motifs (C(OH)–C–C–N with tert-alkyl or cyclic N) is 1. The van der Waals surface area contributed by atoms with E-state index in [0.29, 0.717) is 29.8 Å². The molecule has 4 rings (SSSR count). The Morgan fingerprint density at radius 3 is 2.79 bits per heavy atom. The van der Waals surface area contributed by atoms with Gasteiger partial charge in [-0.25, -0.2) is 14.4 Å². The maximum Gasteiger partial charge on any atom is 0.142 e. The maximum atomic E-state index is 14.3. The van der Waals surface area contributed by atoms with Gasteiger partial charge in [0.05, 0.1) is 17.0 Å². The van der Waals surface area contributed by atoms with Gasteiger partial charge in [0.1, 0.15) is 18.0 Å². The third kappa shape index (κ3) is 2.69. The highest BCUT2D eigenvalue weighted by Crippen LogP contribution is 2.31. The summed E-state index contributed by atoms with van der Waals surface area (Å²) in [6, 6.07) is 8.73. The number of nitrogens with zero attached hydrogens (tertiary/aromatic N) is 4. The molecule has 1 saturated heterocycles. The molecule has 0 spiro atoms. The van der Waals surface area contributed by atoms with Crippen molar-refractivity contribution in [2.45, 2.75) is 12.5 Å². The van der Waals surface area contributed by atoms with Gasteiger partial charge in [0.15, 0.2) is 0 Å². The van der Waals surface area contributed by atoms with Crippen LogP contribution < -0.4 is 4.90 Å². The quantitative estimate of drug-likeness (QED) is 0.800. The monoisotopic (exact) mass is 324 g/mol. The molecule has 5 nitrogen and oxygen atoms in total. The van der Waals surface area contributed by atoms with Gasteiger partial charge in [-0.05, 0) is 36.2 Å². The average Bonchev–Trinajstić information content (AvgIpc) is 2.96. The van der Waals surface area contributed by atoms with E-state index in [0.717, 1.165) is 12.0 Å². The lowest BCUT2D eigenvalue weighted by molar-refractivity contribution is 0.148. The normalized spacial score (nSPS) is 20.7. The van der Waals surface area contributed by atoms with Crippen molar-refractivity contribution >= 4 is 16.7 Å². The summed E-state index contributed by atoms with van der Waals surface area (Å²) in [5, 5.41) is 10.8. The van der Waals surface area contributed by atoms with Gasteiger partial charge < -0.3 is 10.0 Å². The van der Waals surface area contributed by atoms with Crippen LogP contribution in [0.1, 0.15) is 5.56 Å². The van der Waals surface area contributed by atoms with Crippen LogP contribution in [0.15, 0.2) is 49.1 Å². The van der Waals surface area contributed by atoms with E-state index in [4.69, 9.17) is 0 Å². The van der Waals surface area contributed by atoms with Crippen molar-refractivity contribution in [1.29, 1.82) is 0 Å². The number of hydrogen-bond donors (Lipinski definition) is 1. The Hall–Kier alpha value is -2.60. The lowest BCUT2D eigenvalue weighted by atomic mass is 9.97. The molecular weight excluding hydrogens is 307 g/mol. The summed E-state index contributed by atoms with van der Waals surface area (Å²) >= 11 is 0. The summed E-state index contributed by atoms with van der Waals surface area (Å²) in [6.45, 7) is 1.07. The first-order valence-corrected chi connectivity index (χ1v) is 7.93. The topological polar surface area (TPSA) is 62.1 Å². The molecule has 1 aliphatic rings. The van der Waals surface area contributed by atoms with Gasteiger partial charge >= 0.3 is 0 Å². The van der Waals surface area contributed by atoms with Gasteiger partial charge in [0.2, 0.25) is 0 Å². The number of aliphatic hydroxyl groups excluding tert-OH is 1. The fourth-order valence-corrected chi connectivity index (χ4v) is 3.34. The van der Waals surface area contributed by atoms with Crippen LogP contribution in [0, 0.1) is 11.7 Å².